The van der Waals surface area contributed by atoms with Crippen molar-refractivity contribution in [1.82, 2.24) is 9.97 Å². The van der Waals surface area contributed by atoms with Crippen molar-refractivity contribution in [3.05, 3.63) is 53.9 Å². The van der Waals surface area contributed by atoms with E-state index in [1.807, 2.05) is 42.5 Å². The van der Waals surface area contributed by atoms with Gasteiger partial charge in [-0.1, -0.05) is 12.1 Å². The van der Waals surface area contributed by atoms with E-state index in [-0.39, 0.29) is 12.0 Å². The minimum atomic E-state index is -0.0617. The Hall–Kier alpha value is -2.86. The molecule has 1 fully saturated rings. The van der Waals surface area contributed by atoms with Crippen molar-refractivity contribution >= 4 is 22.6 Å². The van der Waals surface area contributed by atoms with Crippen molar-refractivity contribution < 1.29 is 14.3 Å². The van der Waals surface area contributed by atoms with Gasteiger partial charge in [-0.05, 0) is 48.7 Å². The third kappa shape index (κ3) is 3.55. The highest BCUT2D eigenvalue weighted by atomic mass is 16.5. The Kier molecular flexibility index (Phi) is 4.58. The Balaban J connectivity index is 1.44. The molecule has 134 valence electrons. The second kappa shape index (κ2) is 7.17. The molecule has 1 saturated heterocycles. The van der Waals surface area contributed by atoms with Gasteiger partial charge in [0.05, 0.1) is 24.6 Å². The number of methoxy groups -OCH3 is 1. The van der Waals surface area contributed by atoms with Gasteiger partial charge in [0.25, 0.3) is 0 Å². The quantitative estimate of drug-likeness (QED) is 0.736. The van der Waals surface area contributed by atoms with E-state index in [1.165, 1.54) is 0 Å². The number of aromatic nitrogens is 2. The normalized spacial score (nSPS) is 16.7. The van der Waals surface area contributed by atoms with Crippen LogP contribution in [0.2, 0.25) is 0 Å². The lowest BCUT2D eigenvalue weighted by atomic mass is 10.1. The molecular formula is C20H21N3O3. The predicted molar refractivity (Wildman–Crippen MR) is 99.3 cm³/mol. The van der Waals surface area contributed by atoms with E-state index in [2.05, 4.69) is 15.3 Å². The zero-order valence-electron chi connectivity index (χ0n) is 14.6. The van der Waals surface area contributed by atoms with E-state index >= 15 is 0 Å². The number of H-pyrrole nitrogens is 1. The van der Waals surface area contributed by atoms with Crippen LogP contribution in [0.3, 0.4) is 0 Å². The van der Waals surface area contributed by atoms with Crippen LogP contribution in [-0.4, -0.2) is 29.6 Å². The molecule has 26 heavy (non-hydrogen) atoms. The van der Waals surface area contributed by atoms with Crippen LogP contribution in [-0.2, 0) is 16.0 Å². The predicted octanol–water partition coefficient (Wildman–Crippen LogP) is 3.60. The number of nitrogens with one attached hydrogen (secondary N) is 2. The third-order valence-corrected chi connectivity index (χ3v) is 4.54. The Morgan fingerprint density at radius 3 is 2.88 bits per heavy atom. The first-order chi connectivity index (χ1) is 12.7. The molecule has 3 aromatic rings. The Labute approximate surface area is 151 Å². The molecule has 1 aliphatic rings. The average molecular weight is 351 g/mol. The number of amides is 1. The monoisotopic (exact) mass is 351 g/mol. The highest BCUT2D eigenvalue weighted by Crippen LogP contribution is 2.28. The number of imidazole rings is 1. The molecule has 1 atom stereocenters. The summed E-state index contributed by atoms with van der Waals surface area (Å²) in [5.41, 5.74) is 3.46. The zero-order chi connectivity index (χ0) is 17.9. The summed E-state index contributed by atoms with van der Waals surface area (Å²) in [5, 5.41) is 2.94. The SMILES string of the molecule is COc1ccc(CC(=O)Nc2ccc3nc(C4CCCO4)[nH]c3c2)cc1. The molecule has 6 nitrogen and oxygen atoms in total. The fourth-order valence-electron chi connectivity index (χ4n) is 3.19. The van der Waals surface area contributed by atoms with E-state index in [1.54, 1.807) is 7.11 Å². The lowest BCUT2D eigenvalue weighted by Crippen LogP contribution is -2.14. The maximum absolute atomic E-state index is 12.3. The maximum Gasteiger partial charge on any atom is 0.228 e. The van der Waals surface area contributed by atoms with Crippen LogP contribution in [0.1, 0.15) is 30.3 Å². The molecule has 0 spiro atoms. The van der Waals surface area contributed by atoms with Crippen molar-refractivity contribution in [2.45, 2.75) is 25.4 Å². The number of aromatic amines is 1. The van der Waals surface area contributed by atoms with Gasteiger partial charge >= 0.3 is 0 Å². The first-order valence-corrected chi connectivity index (χ1v) is 8.75. The molecule has 2 heterocycles. The number of benzene rings is 2. The van der Waals surface area contributed by atoms with Crippen LogP contribution in [0, 0.1) is 0 Å². The van der Waals surface area contributed by atoms with Gasteiger partial charge in [0.15, 0.2) is 0 Å². The molecule has 0 aliphatic carbocycles. The average Bonchev–Trinajstić information content (AvgIpc) is 3.31. The molecule has 0 saturated carbocycles. The van der Waals surface area contributed by atoms with Crippen LogP contribution in [0.15, 0.2) is 42.5 Å². The van der Waals surface area contributed by atoms with Crippen LogP contribution in [0.4, 0.5) is 5.69 Å². The summed E-state index contributed by atoms with van der Waals surface area (Å²) in [6, 6.07) is 13.2. The molecule has 1 amide bonds. The lowest BCUT2D eigenvalue weighted by molar-refractivity contribution is -0.115. The second-order valence-electron chi connectivity index (χ2n) is 6.43. The van der Waals surface area contributed by atoms with Gasteiger partial charge in [-0.2, -0.15) is 0 Å². The van der Waals surface area contributed by atoms with Gasteiger partial charge in [0, 0.05) is 12.3 Å². The minimum absolute atomic E-state index is 0.0514. The first kappa shape index (κ1) is 16.6. The highest BCUT2D eigenvalue weighted by Gasteiger charge is 2.21. The zero-order valence-corrected chi connectivity index (χ0v) is 14.6. The smallest absolute Gasteiger partial charge is 0.228 e. The summed E-state index contributed by atoms with van der Waals surface area (Å²) in [6.45, 7) is 0.786. The lowest BCUT2D eigenvalue weighted by Gasteiger charge is -2.06. The standard InChI is InChI=1S/C20H21N3O3/c1-25-15-7-4-13(5-8-15)11-19(24)21-14-6-9-16-17(12-14)23-20(22-16)18-3-2-10-26-18/h4-9,12,18H,2-3,10-11H2,1H3,(H,21,24)(H,22,23). The number of anilines is 1. The number of carbonyl (C=O) groups excluding carboxylic acids is 1. The topological polar surface area (TPSA) is 76.2 Å². The number of fused-ring (bicyclic) bond motifs is 1. The summed E-state index contributed by atoms with van der Waals surface area (Å²) < 4.78 is 10.8. The molecule has 2 aromatic carbocycles. The van der Waals surface area contributed by atoms with Gasteiger partial charge in [0.1, 0.15) is 17.7 Å². The highest BCUT2D eigenvalue weighted by molar-refractivity contribution is 5.94. The molecule has 2 N–H and O–H groups in total. The fraction of sp³-hybridized carbons (Fsp3) is 0.300. The minimum Gasteiger partial charge on any atom is -0.497 e. The van der Waals surface area contributed by atoms with Crippen molar-refractivity contribution in [3.63, 3.8) is 0 Å². The van der Waals surface area contributed by atoms with Crippen LogP contribution >= 0.6 is 0 Å². The number of hydrogen-bond acceptors (Lipinski definition) is 4. The van der Waals surface area contributed by atoms with E-state index < -0.39 is 0 Å². The van der Waals surface area contributed by atoms with Crippen LogP contribution < -0.4 is 10.1 Å². The molecule has 6 heteroatoms. The number of hydrogen-bond donors (Lipinski definition) is 2. The molecule has 1 aromatic heterocycles. The number of carbonyl (C=O) groups is 1. The van der Waals surface area contributed by atoms with Gasteiger partial charge in [-0.25, -0.2) is 4.98 Å². The van der Waals surface area contributed by atoms with Gasteiger partial charge < -0.3 is 19.8 Å². The summed E-state index contributed by atoms with van der Waals surface area (Å²) in [7, 11) is 1.62. The van der Waals surface area contributed by atoms with Crippen LogP contribution in [0.25, 0.3) is 11.0 Å². The number of rotatable bonds is 5. The van der Waals surface area contributed by atoms with Gasteiger partial charge in [0.2, 0.25) is 5.91 Å². The maximum atomic E-state index is 12.3. The molecule has 0 bridgehead atoms. The Morgan fingerprint density at radius 1 is 1.31 bits per heavy atom. The second-order valence-corrected chi connectivity index (χ2v) is 6.43. The largest absolute Gasteiger partial charge is 0.497 e. The Morgan fingerprint density at radius 2 is 2.15 bits per heavy atom. The number of ether oxygens (including phenoxy) is 2. The van der Waals surface area contributed by atoms with Crippen molar-refractivity contribution in [2.24, 2.45) is 0 Å². The summed E-state index contributed by atoms with van der Waals surface area (Å²) >= 11 is 0. The molecular weight excluding hydrogens is 330 g/mol. The van der Waals surface area contributed by atoms with Gasteiger partial charge in [-0.15, -0.1) is 0 Å². The van der Waals surface area contributed by atoms with E-state index in [4.69, 9.17) is 9.47 Å². The van der Waals surface area contributed by atoms with Crippen molar-refractivity contribution in [3.8, 4) is 5.75 Å². The van der Waals surface area contributed by atoms with E-state index in [0.717, 1.165) is 53.3 Å². The van der Waals surface area contributed by atoms with E-state index in [0.29, 0.717) is 6.42 Å². The first-order valence-electron chi connectivity index (χ1n) is 8.75. The van der Waals surface area contributed by atoms with Crippen molar-refractivity contribution in [2.75, 3.05) is 19.0 Å². The molecule has 0 radical (unpaired) electrons. The molecule has 1 unspecified atom stereocenters. The summed E-state index contributed by atoms with van der Waals surface area (Å²) in [4.78, 5) is 20.2. The molecule has 1 aliphatic heterocycles. The Bertz CT molecular complexity index is 912. The third-order valence-electron chi connectivity index (χ3n) is 4.54. The summed E-state index contributed by atoms with van der Waals surface area (Å²) in [6.07, 6.45) is 2.42. The summed E-state index contributed by atoms with van der Waals surface area (Å²) in [5.74, 6) is 1.58. The number of nitrogens with zero attached hydrogens (tertiary/aromatic N) is 1. The molecule has 4 rings (SSSR count). The fourth-order valence-corrected chi connectivity index (χ4v) is 3.19. The van der Waals surface area contributed by atoms with E-state index in [9.17, 15) is 4.79 Å². The van der Waals surface area contributed by atoms with Crippen molar-refractivity contribution in [1.29, 1.82) is 0 Å². The van der Waals surface area contributed by atoms with Gasteiger partial charge in [-0.3, -0.25) is 4.79 Å². The van der Waals surface area contributed by atoms with Crippen LogP contribution in [0.5, 0.6) is 5.75 Å².